The summed E-state index contributed by atoms with van der Waals surface area (Å²) in [5.74, 6) is 0.796. The molecule has 0 saturated carbocycles. The molecular weight excluding hydrogens is 360 g/mol. The zero-order chi connectivity index (χ0) is 19.8. The Morgan fingerprint density at radius 1 is 0.929 bits per heavy atom. The quantitative estimate of drug-likeness (QED) is 0.713. The summed E-state index contributed by atoms with van der Waals surface area (Å²) in [6.07, 6.45) is -1.07. The molecule has 152 valence electrons. The molecule has 0 bridgehead atoms. The predicted molar refractivity (Wildman–Crippen MR) is 104 cm³/mol. The van der Waals surface area contributed by atoms with E-state index in [-0.39, 0.29) is 12.7 Å². The predicted octanol–water partition coefficient (Wildman–Crippen LogP) is 2.92. The monoisotopic (exact) mass is 388 g/mol. The van der Waals surface area contributed by atoms with Gasteiger partial charge in [-0.05, 0) is 23.3 Å². The second-order valence-electron chi connectivity index (χ2n) is 6.72. The van der Waals surface area contributed by atoms with Crippen molar-refractivity contribution >= 4 is 0 Å². The average molecular weight is 388 g/mol. The highest BCUT2D eigenvalue weighted by atomic mass is 16.7. The van der Waals surface area contributed by atoms with Gasteiger partial charge in [0.1, 0.15) is 18.0 Å². The van der Waals surface area contributed by atoms with Gasteiger partial charge in [0, 0.05) is 13.5 Å². The molecule has 6 heteroatoms. The molecular formula is C22H28O6. The minimum Gasteiger partial charge on any atom is -0.497 e. The van der Waals surface area contributed by atoms with Crippen molar-refractivity contribution in [2.75, 3.05) is 20.8 Å². The first-order valence-electron chi connectivity index (χ1n) is 9.42. The van der Waals surface area contributed by atoms with Crippen LogP contribution in [0.3, 0.4) is 0 Å². The van der Waals surface area contributed by atoms with Crippen molar-refractivity contribution in [1.82, 2.24) is 0 Å². The standard InChI is InChI=1S/C22H28O6/c1-24-18-10-8-17(9-11-18)15-27-22-19(12-21(25-2)28-20(22)13-23)26-14-16-6-4-3-5-7-16/h3-11,19-23H,12-15H2,1-2H3/t19-,20-,21+,22+/m1/s1. The summed E-state index contributed by atoms with van der Waals surface area (Å²) in [4.78, 5) is 0. The first-order chi connectivity index (χ1) is 13.7. The second kappa shape index (κ2) is 10.5. The van der Waals surface area contributed by atoms with Gasteiger partial charge < -0.3 is 28.8 Å². The van der Waals surface area contributed by atoms with Gasteiger partial charge in [-0.3, -0.25) is 0 Å². The molecule has 1 saturated heterocycles. The van der Waals surface area contributed by atoms with Crippen molar-refractivity contribution in [3.05, 3.63) is 65.7 Å². The van der Waals surface area contributed by atoms with Gasteiger partial charge >= 0.3 is 0 Å². The molecule has 28 heavy (non-hydrogen) atoms. The van der Waals surface area contributed by atoms with Gasteiger partial charge in [-0.2, -0.15) is 0 Å². The van der Waals surface area contributed by atoms with Crippen molar-refractivity contribution in [1.29, 1.82) is 0 Å². The molecule has 3 rings (SSSR count). The van der Waals surface area contributed by atoms with Crippen LogP contribution in [0.4, 0.5) is 0 Å². The number of rotatable bonds is 9. The normalized spacial score (nSPS) is 24.8. The van der Waals surface area contributed by atoms with Crippen molar-refractivity contribution < 1.29 is 28.8 Å². The summed E-state index contributed by atoms with van der Waals surface area (Å²) in [7, 11) is 3.23. The average Bonchev–Trinajstić information content (AvgIpc) is 2.77. The fraction of sp³-hybridized carbons (Fsp3) is 0.455. The molecule has 0 unspecified atom stereocenters. The Kier molecular flexibility index (Phi) is 7.82. The minimum absolute atomic E-state index is 0.168. The first kappa shape index (κ1) is 20.8. The number of hydrogen-bond donors (Lipinski definition) is 1. The van der Waals surface area contributed by atoms with Crippen LogP contribution in [0.15, 0.2) is 54.6 Å². The van der Waals surface area contributed by atoms with Gasteiger partial charge in [0.25, 0.3) is 0 Å². The van der Waals surface area contributed by atoms with Crippen molar-refractivity contribution in [3.63, 3.8) is 0 Å². The molecule has 0 aromatic heterocycles. The van der Waals surface area contributed by atoms with Gasteiger partial charge in [0.15, 0.2) is 6.29 Å². The highest BCUT2D eigenvalue weighted by Gasteiger charge is 2.40. The summed E-state index contributed by atoms with van der Waals surface area (Å²) in [5, 5.41) is 9.81. The van der Waals surface area contributed by atoms with E-state index in [1.54, 1.807) is 14.2 Å². The van der Waals surface area contributed by atoms with Gasteiger partial charge in [0.2, 0.25) is 0 Å². The third-order valence-electron chi connectivity index (χ3n) is 4.84. The molecule has 1 fully saturated rings. The molecule has 0 spiro atoms. The number of aliphatic hydroxyl groups is 1. The van der Waals surface area contributed by atoms with Crippen LogP contribution < -0.4 is 4.74 Å². The van der Waals surface area contributed by atoms with Crippen molar-refractivity contribution in [2.24, 2.45) is 0 Å². The third-order valence-corrected chi connectivity index (χ3v) is 4.84. The van der Waals surface area contributed by atoms with Gasteiger partial charge in [-0.1, -0.05) is 42.5 Å². The lowest BCUT2D eigenvalue weighted by Crippen LogP contribution is -2.52. The van der Waals surface area contributed by atoms with E-state index >= 15 is 0 Å². The Morgan fingerprint density at radius 2 is 1.61 bits per heavy atom. The molecule has 0 aliphatic carbocycles. The first-order valence-corrected chi connectivity index (χ1v) is 9.42. The summed E-state index contributed by atoms with van der Waals surface area (Å²) < 4.78 is 28.6. The summed E-state index contributed by atoms with van der Waals surface area (Å²) >= 11 is 0. The van der Waals surface area contributed by atoms with E-state index in [0.29, 0.717) is 19.6 Å². The van der Waals surface area contributed by atoms with Crippen LogP contribution in [0.25, 0.3) is 0 Å². The lowest BCUT2D eigenvalue weighted by Gasteiger charge is -2.40. The van der Waals surface area contributed by atoms with Gasteiger partial charge in [-0.15, -0.1) is 0 Å². The SMILES string of the molecule is COc1ccc(CO[C@H]2[C@H](OCc3ccccc3)C[C@@H](OC)O[C@@H]2CO)cc1. The molecule has 1 aliphatic rings. The minimum atomic E-state index is -0.516. The van der Waals surface area contributed by atoms with Crippen LogP contribution in [0.5, 0.6) is 5.75 Å². The molecule has 1 heterocycles. The Labute approximate surface area is 165 Å². The Morgan fingerprint density at radius 3 is 2.25 bits per heavy atom. The Hall–Kier alpha value is -1.96. The lowest BCUT2D eigenvalue weighted by molar-refractivity contribution is -0.269. The number of methoxy groups -OCH3 is 2. The zero-order valence-corrected chi connectivity index (χ0v) is 16.3. The number of ether oxygens (including phenoxy) is 5. The number of hydrogen-bond acceptors (Lipinski definition) is 6. The third kappa shape index (κ3) is 5.53. The highest BCUT2D eigenvalue weighted by Crippen LogP contribution is 2.27. The number of benzene rings is 2. The summed E-state index contributed by atoms with van der Waals surface area (Å²) in [6.45, 7) is 0.679. The van der Waals surface area contributed by atoms with Crippen LogP contribution in [0, 0.1) is 0 Å². The molecule has 1 aliphatic heterocycles. The topological polar surface area (TPSA) is 66.4 Å². The van der Waals surface area contributed by atoms with Gasteiger partial charge in [-0.25, -0.2) is 0 Å². The van der Waals surface area contributed by atoms with Gasteiger partial charge in [0.05, 0.1) is 33.0 Å². The van der Waals surface area contributed by atoms with Crippen LogP contribution in [-0.4, -0.2) is 50.5 Å². The van der Waals surface area contributed by atoms with Crippen LogP contribution in [0.2, 0.25) is 0 Å². The van der Waals surface area contributed by atoms with E-state index in [9.17, 15) is 5.11 Å². The molecule has 2 aromatic rings. The summed E-state index contributed by atoms with van der Waals surface area (Å²) in [5.41, 5.74) is 2.09. The molecule has 2 aromatic carbocycles. The maximum Gasteiger partial charge on any atom is 0.160 e. The summed E-state index contributed by atoms with van der Waals surface area (Å²) in [6, 6.07) is 17.7. The van der Waals surface area contributed by atoms with E-state index in [1.165, 1.54) is 0 Å². The maximum atomic E-state index is 9.81. The van der Waals surface area contributed by atoms with Crippen LogP contribution in [0.1, 0.15) is 17.5 Å². The van der Waals surface area contributed by atoms with Crippen molar-refractivity contribution in [2.45, 2.75) is 44.2 Å². The van der Waals surface area contributed by atoms with Crippen LogP contribution in [-0.2, 0) is 32.2 Å². The van der Waals surface area contributed by atoms with E-state index < -0.39 is 18.5 Å². The van der Waals surface area contributed by atoms with E-state index in [0.717, 1.165) is 16.9 Å². The fourth-order valence-corrected chi connectivity index (χ4v) is 3.26. The molecule has 4 atom stereocenters. The molecule has 0 amide bonds. The number of aliphatic hydroxyl groups excluding tert-OH is 1. The molecule has 0 radical (unpaired) electrons. The maximum absolute atomic E-state index is 9.81. The second-order valence-corrected chi connectivity index (χ2v) is 6.72. The smallest absolute Gasteiger partial charge is 0.160 e. The largest absolute Gasteiger partial charge is 0.497 e. The zero-order valence-electron chi connectivity index (χ0n) is 16.3. The molecule has 1 N–H and O–H groups in total. The highest BCUT2D eigenvalue weighted by molar-refractivity contribution is 5.26. The lowest BCUT2D eigenvalue weighted by atomic mass is 10.0. The van der Waals surface area contributed by atoms with Crippen molar-refractivity contribution in [3.8, 4) is 5.75 Å². The van der Waals surface area contributed by atoms with E-state index in [2.05, 4.69) is 0 Å². The van der Waals surface area contributed by atoms with E-state index in [1.807, 2.05) is 54.6 Å². The van der Waals surface area contributed by atoms with Crippen LogP contribution >= 0.6 is 0 Å². The van der Waals surface area contributed by atoms with E-state index in [4.69, 9.17) is 23.7 Å². The molecule has 6 nitrogen and oxygen atoms in total. The Bertz CT molecular complexity index is 690. The Balaban J connectivity index is 1.66. The fourth-order valence-electron chi connectivity index (χ4n) is 3.26.